The Balaban J connectivity index is 1.20. The third-order valence-electron chi connectivity index (χ3n) is 6.91. The van der Waals surface area contributed by atoms with Gasteiger partial charge in [-0.2, -0.15) is 4.98 Å². The summed E-state index contributed by atoms with van der Waals surface area (Å²) in [5.74, 6) is 1.38. The summed E-state index contributed by atoms with van der Waals surface area (Å²) in [6, 6.07) is 18.0. The summed E-state index contributed by atoms with van der Waals surface area (Å²) >= 11 is 0. The van der Waals surface area contributed by atoms with Crippen LogP contribution >= 0.6 is 0 Å². The molecule has 1 aromatic heterocycles. The molecule has 2 heterocycles. The van der Waals surface area contributed by atoms with Crippen LogP contribution in [0.5, 0.6) is 0 Å². The summed E-state index contributed by atoms with van der Waals surface area (Å²) in [6.45, 7) is 1.94. The van der Waals surface area contributed by atoms with E-state index in [1.807, 2.05) is 54.6 Å². The summed E-state index contributed by atoms with van der Waals surface area (Å²) in [6.07, 6.45) is 2.16. The van der Waals surface area contributed by atoms with Crippen LogP contribution in [-0.2, 0) is 27.9 Å². The lowest BCUT2D eigenvalue weighted by molar-refractivity contribution is -0.122. The van der Waals surface area contributed by atoms with Gasteiger partial charge in [0, 0.05) is 38.0 Å². The van der Waals surface area contributed by atoms with Gasteiger partial charge < -0.3 is 14.4 Å². The third kappa shape index (κ3) is 4.59. The van der Waals surface area contributed by atoms with Crippen molar-refractivity contribution in [2.75, 3.05) is 13.1 Å². The van der Waals surface area contributed by atoms with Crippen LogP contribution in [0.3, 0.4) is 0 Å². The van der Waals surface area contributed by atoms with Crippen LogP contribution in [0.4, 0.5) is 4.79 Å². The van der Waals surface area contributed by atoms with Crippen LogP contribution in [0, 0.1) is 0 Å². The maximum atomic E-state index is 12.8. The summed E-state index contributed by atoms with van der Waals surface area (Å²) in [5.41, 5.74) is 2.61. The zero-order chi connectivity index (χ0) is 23.5. The Morgan fingerprint density at radius 3 is 2.59 bits per heavy atom. The molecule has 8 nitrogen and oxygen atoms in total. The van der Waals surface area contributed by atoms with Crippen molar-refractivity contribution >= 4 is 11.9 Å². The molecule has 1 saturated carbocycles. The average Bonchev–Trinajstić information content (AvgIpc) is 3.44. The number of aryl methyl sites for hydroxylation is 1. The maximum Gasteiger partial charge on any atom is 0.506 e. The smallest absolute Gasteiger partial charge is 0.450 e. The average molecular weight is 462 g/mol. The molecule has 0 radical (unpaired) electrons. The quantitative estimate of drug-likeness (QED) is 0.497. The van der Waals surface area contributed by atoms with Crippen molar-refractivity contribution in [3.8, 4) is 11.4 Å². The van der Waals surface area contributed by atoms with Gasteiger partial charge in [0.05, 0.1) is 5.41 Å². The van der Waals surface area contributed by atoms with Gasteiger partial charge in [-0.05, 0) is 30.4 Å². The normalized spacial score (nSPS) is 20.9. The monoisotopic (exact) mass is 461 g/mol. The minimum Gasteiger partial charge on any atom is -0.450 e. The highest BCUT2D eigenvalue weighted by Gasteiger charge is 2.43. The lowest BCUT2D eigenvalue weighted by atomic mass is 9.74. The lowest BCUT2D eigenvalue weighted by Gasteiger charge is -2.37. The van der Waals surface area contributed by atoms with E-state index in [0.29, 0.717) is 49.9 Å². The molecule has 1 saturated heterocycles. The molecule has 1 N–H and O–H groups in total. The number of hydrogen-bond donors (Lipinski definition) is 1. The van der Waals surface area contributed by atoms with Crippen LogP contribution in [0.15, 0.2) is 59.1 Å². The first-order chi connectivity index (χ1) is 16.5. The third-order valence-corrected chi connectivity index (χ3v) is 6.91. The number of ether oxygens (including phenoxy) is 1. The van der Waals surface area contributed by atoms with E-state index in [1.165, 1.54) is 0 Å². The molecule has 1 unspecified atom stereocenters. The summed E-state index contributed by atoms with van der Waals surface area (Å²) in [4.78, 5) is 30.1. The van der Waals surface area contributed by atoms with Crippen LogP contribution in [0.1, 0.15) is 42.7 Å². The highest BCUT2D eigenvalue weighted by Crippen LogP contribution is 2.42. The number of benzene rings is 2. The fourth-order valence-corrected chi connectivity index (χ4v) is 5.08. The van der Waals surface area contributed by atoms with Gasteiger partial charge in [-0.25, -0.2) is 4.79 Å². The predicted molar refractivity (Wildman–Crippen MR) is 123 cm³/mol. The van der Waals surface area contributed by atoms with Crippen molar-refractivity contribution in [1.29, 1.82) is 0 Å². The minimum atomic E-state index is -1.22. The first kappa shape index (κ1) is 22.3. The van der Waals surface area contributed by atoms with Gasteiger partial charge in [-0.15, -0.1) is 0 Å². The van der Waals surface area contributed by atoms with E-state index < -0.39 is 11.6 Å². The van der Waals surface area contributed by atoms with Gasteiger partial charge in [0.2, 0.25) is 11.7 Å². The molecule has 2 aromatic carbocycles. The Kier molecular flexibility index (Phi) is 6.15. The second-order valence-electron chi connectivity index (χ2n) is 9.13. The standard InChI is InChI=1S/C26H27N3O5/c30-22-7-4-13-26(22,20-5-2-1-3-6-20)14-12-23-27-24(28-34-23)19-10-8-18(9-11-19)15-29-16-21(17-29)33-25(31)32/h1-3,5-6,8-11,21H,4,7,12-17H2,(H,31,32). The number of hydrogen-bond acceptors (Lipinski definition) is 7. The Morgan fingerprint density at radius 2 is 1.91 bits per heavy atom. The fourth-order valence-electron chi connectivity index (χ4n) is 5.08. The highest BCUT2D eigenvalue weighted by atomic mass is 16.7. The fraction of sp³-hybridized carbons (Fsp3) is 0.385. The van der Waals surface area contributed by atoms with Gasteiger partial charge in [-0.1, -0.05) is 59.8 Å². The molecule has 2 fully saturated rings. The van der Waals surface area contributed by atoms with Crippen LogP contribution in [0.25, 0.3) is 11.4 Å². The van der Waals surface area contributed by atoms with Crippen LogP contribution in [0.2, 0.25) is 0 Å². The first-order valence-electron chi connectivity index (χ1n) is 11.6. The SMILES string of the molecule is O=C(O)OC1CN(Cc2ccc(-c3noc(CCC4(c5ccccc5)CCCC4=O)n3)cc2)C1. The molecule has 1 atom stereocenters. The van der Waals surface area contributed by atoms with E-state index in [0.717, 1.165) is 36.1 Å². The second-order valence-corrected chi connectivity index (χ2v) is 9.13. The van der Waals surface area contributed by atoms with E-state index in [1.54, 1.807) is 0 Å². The highest BCUT2D eigenvalue weighted by molar-refractivity contribution is 5.92. The van der Waals surface area contributed by atoms with Crippen molar-refractivity contribution in [3.05, 3.63) is 71.6 Å². The number of rotatable bonds is 8. The molecule has 8 heteroatoms. The molecule has 34 heavy (non-hydrogen) atoms. The van der Waals surface area contributed by atoms with E-state index in [4.69, 9.17) is 14.4 Å². The second kappa shape index (κ2) is 9.38. The molecule has 176 valence electrons. The molecule has 0 spiro atoms. The Morgan fingerprint density at radius 1 is 1.15 bits per heavy atom. The first-order valence-corrected chi connectivity index (χ1v) is 11.6. The largest absolute Gasteiger partial charge is 0.506 e. The maximum absolute atomic E-state index is 12.8. The van der Waals surface area contributed by atoms with Crippen LogP contribution in [-0.4, -0.2) is 51.3 Å². The summed E-state index contributed by atoms with van der Waals surface area (Å²) in [7, 11) is 0. The molecule has 5 rings (SSSR count). The Hall–Kier alpha value is -3.52. The van der Waals surface area contributed by atoms with E-state index in [2.05, 4.69) is 15.0 Å². The van der Waals surface area contributed by atoms with E-state index in [9.17, 15) is 9.59 Å². The number of carbonyl (C=O) groups excluding carboxylic acids is 1. The topological polar surface area (TPSA) is 106 Å². The van der Waals surface area contributed by atoms with Crippen LogP contribution < -0.4 is 0 Å². The molecule has 1 aliphatic heterocycles. The molecule has 0 bridgehead atoms. The van der Waals surface area contributed by atoms with Gasteiger partial charge in [0.25, 0.3) is 0 Å². The molecule has 2 aliphatic rings. The van der Waals surface area contributed by atoms with E-state index >= 15 is 0 Å². The predicted octanol–water partition coefficient (Wildman–Crippen LogP) is 4.24. The zero-order valence-corrected chi connectivity index (χ0v) is 18.9. The summed E-state index contributed by atoms with van der Waals surface area (Å²) in [5, 5.41) is 12.8. The van der Waals surface area contributed by atoms with E-state index in [-0.39, 0.29) is 6.10 Å². The van der Waals surface area contributed by atoms with Crippen molar-refractivity contribution in [2.45, 2.75) is 50.2 Å². The number of Topliss-reactive ketones (excluding diaryl/α,β-unsaturated/α-hetero) is 1. The number of carboxylic acid groups (broad SMARTS) is 1. The minimum absolute atomic E-state index is 0.241. The molecular weight excluding hydrogens is 434 g/mol. The number of carbonyl (C=O) groups is 2. The van der Waals surface area contributed by atoms with Gasteiger partial charge >= 0.3 is 6.16 Å². The van der Waals surface area contributed by atoms with Gasteiger partial charge in [-0.3, -0.25) is 9.69 Å². The molecular formula is C26H27N3O5. The lowest BCUT2D eigenvalue weighted by Crippen LogP contribution is -2.52. The van der Waals surface area contributed by atoms with Gasteiger partial charge in [0.1, 0.15) is 11.9 Å². The summed E-state index contributed by atoms with van der Waals surface area (Å²) < 4.78 is 10.3. The van der Waals surface area contributed by atoms with Crippen molar-refractivity contribution in [3.63, 3.8) is 0 Å². The van der Waals surface area contributed by atoms with Crippen molar-refractivity contribution < 1.29 is 24.0 Å². The van der Waals surface area contributed by atoms with Gasteiger partial charge in [0.15, 0.2) is 0 Å². The Bertz CT molecular complexity index is 1150. The molecule has 0 amide bonds. The number of likely N-dealkylation sites (tertiary alicyclic amines) is 1. The number of ketones is 1. The Labute approximate surface area is 197 Å². The molecule has 1 aliphatic carbocycles. The van der Waals surface area contributed by atoms with Crippen molar-refractivity contribution in [2.24, 2.45) is 0 Å². The van der Waals surface area contributed by atoms with Crippen molar-refractivity contribution in [1.82, 2.24) is 15.0 Å². The zero-order valence-electron chi connectivity index (χ0n) is 18.9. The number of aromatic nitrogens is 2. The number of nitrogens with zero attached hydrogens (tertiary/aromatic N) is 3. The molecule has 3 aromatic rings.